The number of rotatable bonds is 3. The monoisotopic (exact) mass is 311 g/mol. The highest BCUT2D eigenvalue weighted by Gasteiger charge is 2.34. The number of ether oxygens (including phenoxy) is 1. The molecule has 114 valence electrons. The number of nitrogens with one attached hydrogen (secondary N) is 1. The summed E-state index contributed by atoms with van der Waals surface area (Å²) in [6.45, 7) is 6.30. The summed E-state index contributed by atoms with van der Waals surface area (Å²) in [6, 6.07) is 3.52. The van der Waals surface area contributed by atoms with E-state index in [9.17, 15) is 21.6 Å². The van der Waals surface area contributed by atoms with Crippen LogP contribution in [-0.4, -0.2) is 20.3 Å². The Labute approximate surface area is 116 Å². The molecule has 0 fully saturated rings. The molecule has 8 heteroatoms. The second-order valence-corrected chi connectivity index (χ2v) is 7.00. The molecule has 20 heavy (non-hydrogen) atoms. The minimum Gasteiger partial charge on any atom is -0.404 e. The topological polar surface area (TPSA) is 55.4 Å². The lowest BCUT2D eigenvalue weighted by atomic mass is 10.1. The molecule has 1 rings (SSSR count). The number of alkyl halides is 3. The van der Waals surface area contributed by atoms with Crippen LogP contribution in [0.4, 0.5) is 13.2 Å². The van der Waals surface area contributed by atoms with Gasteiger partial charge in [0.2, 0.25) is 10.0 Å². The van der Waals surface area contributed by atoms with E-state index in [1.807, 2.05) is 0 Å². The molecule has 1 aromatic carbocycles. The van der Waals surface area contributed by atoms with Crippen LogP contribution in [0.25, 0.3) is 0 Å². The van der Waals surface area contributed by atoms with Crippen molar-refractivity contribution < 1.29 is 26.3 Å². The van der Waals surface area contributed by atoms with Crippen molar-refractivity contribution in [1.29, 1.82) is 0 Å². The highest BCUT2D eigenvalue weighted by Crippen LogP contribution is 2.31. The first-order chi connectivity index (χ1) is 8.80. The predicted molar refractivity (Wildman–Crippen MR) is 67.9 cm³/mol. The van der Waals surface area contributed by atoms with E-state index < -0.39 is 32.6 Å². The highest BCUT2D eigenvalue weighted by molar-refractivity contribution is 7.89. The lowest BCUT2D eigenvalue weighted by Crippen LogP contribution is -2.40. The van der Waals surface area contributed by atoms with E-state index in [0.29, 0.717) is 5.56 Å². The molecule has 0 atom stereocenters. The fourth-order valence-electron chi connectivity index (χ4n) is 1.50. The number of halogens is 3. The van der Waals surface area contributed by atoms with E-state index in [4.69, 9.17) is 0 Å². The van der Waals surface area contributed by atoms with Crippen molar-refractivity contribution in [2.24, 2.45) is 0 Å². The zero-order valence-corrected chi connectivity index (χ0v) is 12.3. The van der Waals surface area contributed by atoms with Crippen LogP contribution in [0.2, 0.25) is 0 Å². The Morgan fingerprint density at radius 1 is 1.15 bits per heavy atom. The van der Waals surface area contributed by atoms with Crippen molar-refractivity contribution in [3.8, 4) is 5.75 Å². The molecule has 0 heterocycles. The van der Waals surface area contributed by atoms with Gasteiger partial charge in [-0.15, -0.1) is 13.2 Å². The Morgan fingerprint density at radius 3 is 2.15 bits per heavy atom. The standard InChI is InChI=1S/C12H16F3NO3S/c1-8-5-6-10(9(7-8)19-12(13,14)15)20(17,18)16-11(2,3)4/h5-7,16H,1-4H3. The van der Waals surface area contributed by atoms with Gasteiger partial charge in [-0.2, -0.15) is 0 Å². The van der Waals surface area contributed by atoms with Gasteiger partial charge in [0, 0.05) is 5.54 Å². The third-order valence-corrected chi connectivity index (χ3v) is 3.85. The van der Waals surface area contributed by atoms with Crippen LogP contribution in [0, 0.1) is 6.92 Å². The number of benzene rings is 1. The average molecular weight is 311 g/mol. The zero-order valence-electron chi connectivity index (χ0n) is 11.5. The van der Waals surface area contributed by atoms with E-state index in [0.717, 1.165) is 12.1 Å². The number of hydrogen-bond acceptors (Lipinski definition) is 3. The maximum atomic E-state index is 12.3. The number of sulfonamides is 1. The Hall–Kier alpha value is -1.28. The van der Waals surface area contributed by atoms with E-state index in [1.165, 1.54) is 13.0 Å². The second-order valence-electron chi connectivity index (χ2n) is 5.35. The van der Waals surface area contributed by atoms with Gasteiger partial charge in [0.1, 0.15) is 10.6 Å². The summed E-state index contributed by atoms with van der Waals surface area (Å²) in [4.78, 5) is -0.546. The molecule has 0 bridgehead atoms. The molecule has 0 amide bonds. The van der Waals surface area contributed by atoms with Crippen molar-refractivity contribution in [2.75, 3.05) is 0 Å². The van der Waals surface area contributed by atoms with Crippen molar-refractivity contribution in [2.45, 2.75) is 44.5 Å². The SMILES string of the molecule is Cc1ccc(S(=O)(=O)NC(C)(C)C)c(OC(F)(F)F)c1. The summed E-state index contributed by atoms with van der Waals surface area (Å²) in [5.74, 6) is -0.741. The zero-order chi connectivity index (χ0) is 15.8. The van der Waals surface area contributed by atoms with E-state index in [2.05, 4.69) is 9.46 Å². The molecule has 0 unspecified atom stereocenters. The van der Waals surface area contributed by atoms with Gasteiger partial charge in [0.15, 0.2) is 0 Å². The Kier molecular flexibility index (Phi) is 4.40. The quantitative estimate of drug-likeness (QED) is 0.933. The molecule has 1 aromatic rings. The van der Waals surface area contributed by atoms with Gasteiger partial charge in [0.05, 0.1) is 0 Å². The van der Waals surface area contributed by atoms with Gasteiger partial charge in [-0.25, -0.2) is 13.1 Å². The second kappa shape index (κ2) is 5.25. The molecule has 0 saturated carbocycles. The molecule has 0 aliphatic rings. The average Bonchev–Trinajstić information content (AvgIpc) is 2.09. The lowest BCUT2D eigenvalue weighted by Gasteiger charge is -2.22. The molecule has 0 spiro atoms. The first-order valence-electron chi connectivity index (χ1n) is 5.70. The van der Waals surface area contributed by atoms with Crippen LogP contribution >= 0.6 is 0 Å². The normalized spacial score (nSPS) is 13.3. The fraction of sp³-hybridized carbons (Fsp3) is 0.500. The Morgan fingerprint density at radius 2 is 1.70 bits per heavy atom. The predicted octanol–water partition coefficient (Wildman–Crippen LogP) is 2.97. The fourth-order valence-corrected chi connectivity index (χ4v) is 3.03. The number of aryl methyl sites for hydroxylation is 1. The molecule has 0 aliphatic heterocycles. The van der Waals surface area contributed by atoms with Crippen molar-refractivity contribution >= 4 is 10.0 Å². The summed E-state index contributed by atoms with van der Waals surface area (Å²) in [5.41, 5.74) is -0.363. The van der Waals surface area contributed by atoms with Crippen molar-refractivity contribution in [3.05, 3.63) is 23.8 Å². The minimum atomic E-state index is -4.96. The molecular formula is C12H16F3NO3S. The first-order valence-corrected chi connectivity index (χ1v) is 7.19. The molecule has 4 nitrogen and oxygen atoms in total. The van der Waals surface area contributed by atoms with Gasteiger partial charge in [-0.3, -0.25) is 0 Å². The molecule has 0 saturated heterocycles. The van der Waals surface area contributed by atoms with Crippen LogP contribution in [0.15, 0.2) is 23.1 Å². The smallest absolute Gasteiger partial charge is 0.404 e. The van der Waals surface area contributed by atoms with E-state index in [1.54, 1.807) is 20.8 Å². The van der Waals surface area contributed by atoms with Gasteiger partial charge in [-0.1, -0.05) is 6.07 Å². The third-order valence-electron chi connectivity index (χ3n) is 2.05. The number of hydrogen-bond donors (Lipinski definition) is 1. The lowest BCUT2D eigenvalue weighted by molar-refractivity contribution is -0.275. The summed E-state index contributed by atoms with van der Waals surface area (Å²) in [5, 5.41) is 0. The van der Waals surface area contributed by atoms with Crippen LogP contribution < -0.4 is 9.46 Å². The van der Waals surface area contributed by atoms with Crippen LogP contribution in [-0.2, 0) is 10.0 Å². The maximum Gasteiger partial charge on any atom is 0.573 e. The van der Waals surface area contributed by atoms with Crippen LogP contribution in [0.1, 0.15) is 26.3 Å². The summed E-state index contributed by atoms with van der Waals surface area (Å²) >= 11 is 0. The van der Waals surface area contributed by atoms with Crippen LogP contribution in [0.3, 0.4) is 0 Å². The van der Waals surface area contributed by atoms with E-state index >= 15 is 0 Å². The summed E-state index contributed by atoms with van der Waals surface area (Å²) in [7, 11) is -4.11. The first kappa shape index (κ1) is 16.8. The van der Waals surface area contributed by atoms with Crippen molar-refractivity contribution in [3.63, 3.8) is 0 Å². The Balaban J connectivity index is 3.31. The largest absolute Gasteiger partial charge is 0.573 e. The van der Waals surface area contributed by atoms with Gasteiger partial charge in [0.25, 0.3) is 0 Å². The molecule has 0 radical (unpaired) electrons. The van der Waals surface area contributed by atoms with Crippen LogP contribution in [0.5, 0.6) is 5.75 Å². The van der Waals surface area contributed by atoms with Gasteiger partial charge < -0.3 is 4.74 Å². The summed E-state index contributed by atoms with van der Waals surface area (Å²) < 4.78 is 67.3. The van der Waals surface area contributed by atoms with Crippen molar-refractivity contribution in [1.82, 2.24) is 4.72 Å². The highest BCUT2D eigenvalue weighted by atomic mass is 32.2. The molecular weight excluding hydrogens is 295 g/mol. The molecule has 0 aliphatic carbocycles. The third kappa shape index (κ3) is 5.01. The van der Waals surface area contributed by atoms with Gasteiger partial charge >= 0.3 is 6.36 Å². The van der Waals surface area contributed by atoms with E-state index in [-0.39, 0.29) is 0 Å². The molecule has 1 N–H and O–H groups in total. The summed E-state index contributed by atoms with van der Waals surface area (Å²) in [6.07, 6.45) is -4.96. The molecule has 0 aromatic heterocycles. The minimum absolute atomic E-state index is 0.457. The Bertz CT molecular complexity index is 589. The van der Waals surface area contributed by atoms with Gasteiger partial charge in [-0.05, 0) is 45.4 Å². The maximum absolute atomic E-state index is 12.3.